The van der Waals surface area contributed by atoms with Crippen molar-refractivity contribution in [3.05, 3.63) is 24.0 Å². The second-order valence-electron chi connectivity index (χ2n) is 3.36. The fraction of sp³-hybridized carbons (Fsp3) is 0.300. The summed E-state index contributed by atoms with van der Waals surface area (Å²) in [6.07, 6.45) is 1.30. The number of aromatic carboxylic acids is 1. The van der Waals surface area contributed by atoms with Crippen molar-refractivity contribution in [2.24, 2.45) is 11.7 Å². The Balaban J connectivity index is 2.69. The van der Waals surface area contributed by atoms with Crippen molar-refractivity contribution in [3.8, 4) is 0 Å². The zero-order valence-corrected chi connectivity index (χ0v) is 8.80. The van der Waals surface area contributed by atoms with Gasteiger partial charge >= 0.3 is 5.97 Å². The second kappa shape index (κ2) is 5.22. The molecule has 1 amide bonds. The lowest BCUT2D eigenvalue weighted by Gasteiger charge is -2.09. The van der Waals surface area contributed by atoms with Crippen LogP contribution < -0.4 is 11.1 Å². The predicted molar refractivity (Wildman–Crippen MR) is 58.0 cm³/mol. The lowest BCUT2D eigenvalue weighted by Crippen LogP contribution is -2.26. The lowest BCUT2D eigenvalue weighted by atomic mass is 10.1. The summed E-state index contributed by atoms with van der Waals surface area (Å²) in [5, 5.41) is 11.2. The van der Waals surface area contributed by atoms with Crippen LogP contribution >= 0.6 is 0 Å². The Morgan fingerprint density at radius 2 is 2.25 bits per heavy atom. The number of nitrogens with zero attached hydrogens (tertiary/aromatic N) is 1. The number of carbonyl (C=O) groups excluding carboxylic acids is 1. The van der Waals surface area contributed by atoms with Crippen LogP contribution in [0.5, 0.6) is 0 Å². The summed E-state index contributed by atoms with van der Waals surface area (Å²) < 4.78 is 0. The van der Waals surface area contributed by atoms with Crippen LogP contribution in [-0.2, 0) is 4.79 Å². The van der Waals surface area contributed by atoms with E-state index in [1.165, 1.54) is 18.3 Å². The molecule has 6 heteroatoms. The molecular formula is C10H13N3O3. The second-order valence-corrected chi connectivity index (χ2v) is 3.36. The number of rotatable bonds is 4. The van der Waals surface area contributed by atoms with Gasteiger partial charge < -0.3 is 16.2 Å². The van der Waals surface area contributed by atoms with Gasteiger partial charge in [0.2, 0.25) is 5.91 Å². The van der Waals surface area contributed by atoms with Crippen molar-refractivity contribution < 1.29 is 14.7 Å². The first-order valence-electron chi connectivity index (χ1n) is 4.75. The van der Waals surface area contributed by atoms with Crippen LogP contribution in [0.2, 0.25) is 0 Å². The first-order chi connectivity index (χ1) is 7.54. The minimum Gasteiger partial charge on any atom is -0.477 e. The minimum atomic E-state index is -1.10. The molecule has 1 heterocycles. The summed E-state index contributed by atoms with van der Waals surface area (Å²) >= 11 is 0. The van der Waals surface area contributed by atoms with E-state index in [-0.39, 0.29) is 24.1 Å². The Hall–Kier alpha value is -1.95. The molecule has 1 aromatic heterocycles. The largest absolute Gasteiger partial charge is 0.477 e. The van der Waals surface area contributed by atoms with Crippen LogP contribution in [0.1, 0.15) is 17.4 Å². The summed E-state index contributed by atoms with van der Waals surface area (Å²) in [7, 11) is 0. The molecule has 86 valence electrons. The van der Waals surface area contributed by atoms with Crippen molar-refractivity contribution in [1.29, 1.82) is 0 Å². The summed E-state index contributed by atoms with van der Waals surface area (Å²) in [6.45, 7) is 1.96. The standard InChI is InChI=1S/C10H13N3O3/c1-6(4-11)9(14)13-7-2-3-8(10(15)16)12-5-7/h2-3,5-6H,4,11H2,1H3,(H,13,14)(H,15,16). The van der Waals surface area contributed by atoms with Gasteiger partial charge in [0.1, 0.15) is 5.69 Å². The smallest absolute Gasteiger partial charge is 0.354 e. The van der Waals surface area contributed by atoms with E-state index in [2.05, 4.69) is 10.3 Å². The van der Waals surface area contributed by atoms with Gasteiger partial charge in [0.05, 0.1) is 11.9 Å². The number of carboxylic acids is 1. The molecule has 1 unspecified atom stereocenters. The monoisotopic (exact) mass is 223 g/mol. The molecule has 0 aliphatic rings. The van der Waals surface area contributed by atoms with Crippen molar-refractivity contribution in [2.75, 3.05) is 11.9 Å². The number of amides is 1. The van der Waals surface area contributed by atoms with Gasteiger partial charge in [-0.3, -0.25) is 4.79 Å². The van der Waals surface area contributed by atoms with E-state index >= 15 is 0 Å². The highest BCUT2D eigenvalue weighted by Crippen LogP contribution is 2.07. The van der Waals surface area contributed by atoms with Crippen LogP contribution in [0.4, 0.5) is 5.69 Å². The molecule has 6 nitrogen and oxygen atoms in total. The van der Waals surface area contributed by atoms with Gasteiger partial charge in [0.25, 0.3) is 0 Å². The number of hydrogen-bond donors (Lipinski definition) is 3. The topological polar surface area (TPSA) is 105 Å². The number of carbonyl (C=O) groups is 2. The third-order valence-corrected chi connectivity index (χ3v) is 2.05. The molecule has 0 bridgehead atoms. The van der Waals surface area contributed by atoms with Crippen molar-refractivity contribution in [3.63, 3.8) is 0 Å². The van der Waals surface area contributed by atoms with Gasteiger partial charge in [0, 0.05) is 12.5 Å². The van der Waals surface area contributed by atoms with Crippen molar-refractivity contribution >= 4 is 17.6 Å². The van der Waals surface area contributed by atoms with E-state index < -0.39 is 5.97 Å². The third-order valence-electron chi connectivity index (χ3n) is 2.05. The first-order valence-corrected chi connectivity index (χ1v) is 4.75. The quantitative estimate of drug-likeness (QED) is 0.681. The Morgan fingerprint density at radius 3 is 2.69 bits per heavy atom. The zero-order chi connectivity index (χ0) is 12.1. The van der Waals surface area contributed by atoms with E-state index in [9.17, 15) is 9.59 Å². The highest BCUT2D eigenvalue weighted by molar-refractivity contribution is 5.92. The molecule has 1 aromatic rings. The third kappa shape index (κ3) is 3.03. The molecule has 0 aliphatic carbocycles. The van der Waals surface area contributed by atoms with Crippen LogP contribution in [0.15, 0.2) is 18.3 Å². The van der Waals surface area contributed by atoms with Gasteiger partial charge in [-0.2, -0.15) is 0 Å². The summed E-state index contributed by atoms with van der Waals surface area (Å²) in [5.74, 6) is -1.61. The number of anilines is 1. The Labute approximate surface area is 92.5 Å². The molecule has 0 radical (unpaired) electrons. The molecule has 0 fully saturated rings. The number of hydrogen-bond acceptors (Lipinski definition) is 4. The highest BCUT2D eigenvalue weighted by atomic mass is 16.4. The zero-order valence-electron chi connectivity index (χ0n) is 8.80. The molecule has 1 rings (SSSR count). The summed E-state index contributed by atoms with van der Waals surface area (Å²) in [6, 6.07) is 2.81. The average Bonchev–Trinajstić information content (AvgIpc) is 2.28. The molecular weight excluding hydrogens is 210 g/mol. The number of pyridine rings is 1. The number of aromatic nitrogens is 1. The van der Waals surface area contributed by atoms with Crippen LogP contribution in [-0.4, -0.2) is 28.5 Å². The minimum absolute atomic E-state index is 0.0649. The van der Waals surface area contributed by atoms with Crippen LogP contribution in [0, 0.1) is 5.92 Å². The molecule has 0 aliphatic heterocycles. The first kappa shape index (κ1) is 12.1. The van der Waals surface area contributed by atoms with E-state index in [0.29, 0.717) is 5.69 Å². The van der Waals surface area contributed by atoms with Crippen LogP contribution in [0.25, 0.3) is 0 Å². The van der Waals surface area contributed by atoms with Crippen molar-refractivity contribution in [2.45, 2.75) is 6.92 Å². The molecule has 1 atom stereocenters. The summed E-state index contributed by atoms with van der Waals surface area (Å²) in [5.41, 5.74) is 5.73. The molecule has 0 spiro atoms. The maximum absolute atomic E-state index is 11.4. The maximum atomic E-state index is 11.4. The van der Waals surface area contributed by atoms with Gasteiger partial charge in [-0.25, -0.2) is 9.78 Å². The fourth-order valence-electron chi connectivity index (χ4n) is 0.967. The van der Waals surface area contributed by atoms with E-state index in [4.69, 9.17) is 10.8 Å². The predicted octanol–water partition coefficient (Wildman–Crippen LogP) is 0.313. The normalized spacial score (nSPS) is 11.9. The SMILES string of the molecule is CC(CN)C(=O)Nc1ccc(C(=O)O)nc1. The van der Waals surface area contributed by atoms with Crippen LogP contribution in [0.3, 0.4) is 0 Å². The van der Waals surface area contributed by atoms with Crippen molar-refractivity contribution in [1.82, 2.24) is 4.98 Å². The fourth-order valence-corrected chi connectivity index (χ4v) is 0.967. The number of carboxylic acid groups (broad SMARTS) is 1. The average molecular weight is 223 g/mol. The Kier molecular flexibility index (Phi) is 3.96. The van der Waals surface area contributed by atoms with E-state index in [0.717, 1.165) is 0 Å². The van der Waals surface area contributed by atoms with E-state index in [1.807, 2.05) is 0 Å². The molecule has 0 saturated heterocycles. The molecule has 0 saturated carbocycles. The molecule has 0 aromatic carbocycles. The van der Waals surface area contributed by atoms with E-state index in [1.54, 1.807) is 6.92 Å². The van der Waals surface area contributed by atoms with Gasteiger partial charge in [-0.15, -0.1) is 0 Å². The Bertz CT molecular complexity index is 389. The number of nitrogens with two attached hydrogens (primary N) is 1. The highest BCUT2D eigenvalue weighted by Gasteiger charge is 2.11. The Morgan fingerprint density at radius 1 is 1.56 bits per heavy atom. The molecule has 4 N–H and O–H groups in total. The maximum Gasteiger partial charge on any atom is 0.354 e. The lowest BCUT2D eigenvalue weighted by molar-refractivity contribution is -0.119. The summed E-state index contributed by atoms with van der Waals surface area (Å²) in [4.78, 5) is 25.6. The van der Waals surface area contributed by atoms with Gasteiger partial charge in [-0.05, 0) is 12.1 Å². The van der Waals surface area contributed by atoms with Gasteiger partial charge in [0.15, 0.2) is 0 Å². The number of nitrogens with one attached hydrogen (secondary N) is 1. The molecule has 16 heavy (non-hydrogen) atoms. The van der Waals surface area contributed by atoms with Gasteiger partial charge in [-0.1, -0.05) is 6.92 Å².